The van der Waals surface area contributed by atoms with Crippen LogP contribution >= 0.6 is 0 Å². The molecule has 2 rings (SSSR count). The molecule has 0 heterocycles. The standard InChI is InChI=1S/C17H18F2N2O2/c1-21(8-9-22)15-6-4-14(5-7-15)20-17(23)10-12-2-3-13(18)11-16(12)19/h2-7,11,22H,8-10H2,1H3,(H,20,23). The molecule has 0 atom stereocenters. The number of carbonyl (C=O) groups excluding carboxylic acids is 1. The maximum atomic E-state index is 13.5. The number of carbonyl (C=O) groups is 1. The van der Waals surface area contributed by atoms with Gasteiger partial charge in [-0.15, -0.1) is 0 Å². The van der Waals surface area contributed by atoms with Crippen molar-refractivity contribution in [2.45, 2.75) is 6.42 Å². The Labute approximate surface area is 133 Å². The second-order valence-electron chi connectivity index (χ2n) is 5.15. The molecule has 0 bridgehead atoms. The lowest BCUT2D eigenvalue weighted by Crippen LogP contribution is -2.21. The van der Waals surface area contributed by atoms with Crippen molar-refractivity contribution in [3.63, 3.8) is 0 Å². The van der Waals surface area contributed by atoms with Crippen molar-refractivity contribution >= 4 is 17.3 Å². The van der Waals surface area contributed by atoms with Crippen molar-refractivity contribution in [1.29, 1.82) is 0 Å². The fraction of sp³-hybridized carbons (Fsp3) is 0.235. The summed E-state index contributed by atoms with van der Waals surface area (Å²) in [5, 5.41) is 11.6. The lowest BCUT2D eigenvalue weighted by atomic mass is 10.1. The van der Waals surface area contributed by atoms with E-state index in [4.69, 9.17) is 5.11 Å². The summed E-state index contributed by atoms with van der Waals surface area (Å²) in [6.07, 6.45) is -0.168. The third kappa shape index (κ3) is 4.75. The van der Waals surface area contributed by atoms with E-state index in [1.54, 1.807) is 12.1 Å². The monoisotopic (exact) mass is 320 g/mol. The second kappa shape index (κ2) is 7.69. The number of likely N-dealkylation sites (N-methyl/N-ethyl adjacent to an activating group) is 1. The molecule has 1 amide bonds. The van der Waals surface area contributed by atoms with Gasteiger partial charge in [-0.05, 0) is 35.9 Å². The fourth-order valence-corrected chi connectivity index (χ4v) is 2.12. The lowest BCUT2D eigenvalue weighted by molar-refractivity contribution is -0.115. The summed E-state index contributed by atoms with van der Waals surface area (Å²) in [6.45, 7) is 0.563. The Morgan fingerprint density at radius 1 is 1.17 bits per heavy atom. The topological polar surface area (TPSA) is 52.6 Å². The highest BCUT2D eigenvalue weighted by atomic mass is 19.1. The van der Waals surface area contributed by atoms with Gasteiger partial charge in [0.2, 0.25) is 5.91 Å². The minimum Gasteiger partial charge on any atom is -0.395 e. The summed E-state index contributed by atoms with van der Waals surface area (Å²) in [4.78, 5) is 13.8. The SMILES string of the molecule is CN(CCO)c1ccc(NC(=O)Cc2ccc(F)cc2F)cc1. The Morgan fingerprint density at radius 3 is 2.48 bits per heavy atom. The van der Waals surface area contributed by atoms with Crippen LogP contribution in [0.25, 0.3) is 0 Å². The van der Waals surface area contributed by atoms with E-state index in [1.807, 2.05) is 24.1 Å². The summed E-state index contributed by atoms with van der Waals surface area (Å²) < 4.78 is 26.3. The van der Waals surface area contributed by atoms with E-state index < -0.39 is 11.6 Å². The van der Waals surface area contributed by atoms with Gasteiger partial charge in [0.25, 0.3) is 0 Å². The molecule has 23 heavy (non-hydrogen) atoms. The number of rotatable bonds is 6. The molecule has 122 valence electrons. The largest absolute Gasteiger partial charge is 0.395 e. The average molecular weight is 320 g/mol. The molecular formula is C17H18F2N2O2. The molecule has 0 spiro atoms. The third-order valence-electron chi connectivity index (χ3n) is 3.39. The number of aliphatic hydroxyl groups excluding tert-OH is 1. The van der Waals surface area contributed by atoms with Gasteiger partial charge in [0.15, 0.2) is 0 Å². The highest BCUT2D eigenvalue weighted by Gasteiger charge is 2.10. The maximum Gasteiger partial charge on any atom is 0.228 e. The van der Waals surface area contributed by atoms with E-state index in [0.717, 1.165) is 17.8 Å². The van der Waals surface area contributed by atoms with Crippen molar-refractivity contribution in [1.82, 2.24) is 0 Å². The Hall–Kier alpha value is -2.47. The molecule has 0 aliphatic carbocycles. The third-order valence-corrected chi connectivity index (χ3v) is 3.39. The minimum absolute atomic E-state index is 0.0538. The van der Waals surface area contributed by atoms with Gasteiger partial charge in [-0.25, -0.2) is 8.78 Å². The van der Waals surface area contributed by atoms with Crippen LogP contribution in [-0.4, -0.2) is 31.2 Å². The molecule has 0 aromatic heterocycles. The van der Waals surface area contributed by atoms with Crippen LogP contribution in [0.2, 0.25) is 0 Å². The van der Waals surface area contributed by atoms with Crippen LogP contribution in [0.3, 0.4) is 0 Å². The summed E-state index contributed by atoms with van der Waals surface area (Å²) >= 11 is 0. The lowest BCUT2D eigenvalue weighted by Gasteiger charge is -2.18. The van der Waals surface area contributed by atoms with Crippen LogP contribution in [-0.2, 0) is 11.2 Å². The smallest absolute Gasteiger partial charge is 0.228 e. The van der Waals surface area contributed by atoms with Gasteiger partial charge in [0.1, 0.15) is 11.6 Å². The zero-order valence-electron chi connectivity index (χ0n) is 12.7. The first kappa shape index (κ1) is 16.9. The molecule has 0 radical (unpaired) electrons. The van der Waals surface area contributed by atoms with Crippen LogP contribution in [0, 0.1) is 11.6 Å². The van der Waals surface area contributed by atoms with Crippen molar-refractivity contribution in [3.8, 4) is 0 Å². The summed E-state index contributed by atoms with van der Waals surface area (Å²) in [5.41, 5.74) is 1.63. The number of aliphatic hydroxyl groups is 1. The van der Waals surface area contributed by atoms with Gasteiger partial charge in [-0.1, -0.05) is 6.07 Å². The normalized spacial score (nSPS) is 10.4. The predicted octanol–water partition coefficient (Wildman–Crippen LogP) is 2.57. The molecule has 4 nitrogen and oxygen atoms in total. The minimum atomic E-state index is -0.735. The van der Waals surface area contributed by atoms with E-state index in [-0.39, 0.29) is 24.5 Å². The van der Waals surface area contributed by atoms with Crippen LogP contribution in [0.15, 0.2) is 42.5 Å². The number of amides is 1. The number of hydrogen-bond donors (Lipinski definition) is 2. The van der Waals surface area contributed by atoms with Gasteiger partial charge in [-0.3, -0.25) is 4.79 Å². The Bertz CT molecular complexity index is 675. The average Bonchev–Trinajstić information content (AvgIpc) is 2.51. The van der Waals surface area contributed by atoms with E-state index in [0.29, 0.717) is 12.2 Å². The molecule has 0 unspecified atom stereocenters. The van der Waals surface area contributed by atoms with Crippen LogP contribution in [0.1, 0.15) is 5.56 Å². The maximum absolute atomic E-state index is 13.5. The van der Waals surface area contributed by atoms with Crippen molar-refractivity contribution in [3.05, 3.63) is 59.7 Å². The molecule has 0 fully saturated rings. The van der Waals surface area contributed by atoms with Crippen molar-refractivity contribution < 1.29 is 18.7 Å². The molecule has 0 aliphatic rings. The number of hydrogen-bond acceptors (Lipinski definition) is 3. The van der Waals surface area contributed by atoms with Gasteiger partial charge in [0, 0.05) is 31.0 Å². The number of anilines is 2. The van der Waals surface area contributed by atoms with Crippen molar-refractivity contribution in [2.75, 3.05) is 30.4 Å². The van der Waals surface area contributed by atoms with Gasteiger partial charge < -0.3 is 15.3 Å². The van der Waals surface area contributed by atoms with Gasteiger partial charge in [-0.2, -0.15) is 0 Å². The van der Waals surface area contributed by atoms with Crippen LogP contribution < -0.4 is 10.2 Å². The first-order chi connectivity index (χ1) is 11.0. The number of halogens is 2. The van der Waals surface area contributed by atoms with Crippen LogP contribution in [0.4, 0.5) is 20.2 Å². The first-order valence-corrected chi connectivity index (χ1v) is 7.15. The Balaban J connectivity index is 1.97. The molecule has 6 heteroatoms. The zero-order chi connectivity index (χ0) is 16.8. The first-order valence-electron chi connectivity index (χ1n) is 7.15. The van der Waals surface area contributed by atoms with E-state index in [2.05, 4.69) is 5.32 Å². The summed E-state index contributed by atoms with van der Waals surface area (Å²) in [5.74, 6) is -1.79. The zero-order valence-corrected chi connectivity index (χ0v) is 12.7. The molecule has 2 aromatic rings. The highest BCUT2D eigenvalue weighted by Crippen LogP contribution is 2.17. The molecule has 2 aromatic carbocycles. The quantitative estimate of drug-likeness (QED) is 0.860. The molecule has 0 aliphatic heterocycles. The van der Waals surface area contributed by atoms with E-state index in [1.165, 1.54) is 6.07 Å². The molecule has 2 N–H and O–H groups in total. The molecule has 0 saturated heterocycles. The van der Waals surface area contributed by atoms with Gasteiger partial charge >= 0.3 is 0 Å². The van der Waals surface area contributed by atoms with Crippen LogP contribution in [0.5, 0.6) is 0 Å². The predicted molar refractivity (Wildman–Crippen MR) is 85.5 cm³/mol. The fourth-order valence-electron chi connectivity index (χ4n) is 2.12. The Morgan fingerprint density at radius 2 is 1.87 bits per heavy atom. The summed E-state index contributed by atoms with van der Waals surface area (Å²) in [6, 6.07) is 10.2. The van der Waals surface area contributed by atoms with E-state index in [9.17, 15) is 13.6 Å². The second-order valence-corrected chi connectivity index (χ2v) is 5.15. The van der Waals surface area contributed by atoms with Crippen molar-refractivity contribution in [2.24, 2.45) is 0 Å². The molecular weight excluding hydrogens is 302 g/mol. The Kier molecular flexibility index (Phi) is 5.65. The van der Waals surface area contributed by atoms with E-state index >= 15 is 0 Å². The summed E-state index contributed by atoms with van der Waals surface area (Å²) in [7, 11) is 1.85. The number of nitrogens with zero attached hydrogens (tertiary/aromatic N) is 1. The highest BCUT2D eigenvalue weighted by molar-refractivity contribution is 5.92. The number of nitrogens with one attached hydrogen (secondary N) is 1. The molecule has 0 saturated carbocycles. The van der Waals surface area contributed by atoms with Gasteiger partial charge in [0.05, 0.1) is 13.0 Å². The number of benzene rings is 2.